The molecule has 9 nitrogen and oxygen atoms in total. The predicted octanol–water partition coefficient (Wildman–Crippen LogP) is 6.40. The molecule has 0 spiro atoms. The van der Waals surface area contributed by atoms with Crippen molar-refractivity contribution in [3.63, 3.8) is 0 Å². The Kier molecular flexibility index (Phi) is 8.87. The van der Waals surface area contributed by atoms with Gasteiger partial charge in [-0.3, -0.25) is 24.0 Å². The number of allylic oxidation sites excluding steroid dienone is 1. The number of Topliss-reactive ketones (excluding diaryl/α,β-unsaturated/α-hetero) is 1. The van der Waals surface area contributed by atoms with E-state index in [2.05, 4.69) is 40.7 Å². The molecular weight excluding hydrogens is 600 g/mol. The van der Waals surface area contributed by atoms with Crippen molar-refractivity contribution in [2.75, 3.05) is 6.61 Å². The molecule has 262 valence electrons. The van der Waals surface area contributed by atoms with Crippen LogP contribution in [0.1, 0.15) is 115 Å². The van der Waals surface area contributed by atoms with E-state index in [4.69, 9.17) is 18.9 Å². The summed E-state index contributed by atoms with van der Waals surface area (Å²) in [6.07, 6.45) is 4.50. The zero-order valence-electron chi connectivity index (χ0n) is 30.3. The second-order valence-electron chi connectivity index (χ2n) is 17.1. The molecule has 4 saturated carbocycles. The van der Waals surface area contributed by atoms with E-state index in [1.165, 1.54) is 33.3 Å². The number of carbonyl (C=O) groups is 5. The molecule has 0 aromatic carbocycles. The number of hydrogen-bond donors (Lipinski definition) is 0. The van der Waals surface area contributed by atoms with E-state index in [0.717, 1.165) is 12.8 Å². The van der Waals surface area contributed by atoms with Crippen LogP contribution in [-0.2, 0) is 42.9 Å². The lowest BCUT2D eigenvalue weighted by molar-refractivity contribution is -0.222. The van der Waals surface area contributed by atoms with Crippen LogP contribution in [0.2, 0.25) is 0 Å². The van der Waals surface area contributed by atoms with Crippen LogP contribution in [0.4, 0.5) is 0 Å². The lowest BCUT2D eigenvalue weighted by Crippen LogP contribution is -2.68. The highest BCUT2D eigenvalue weighted by Gasteiger charge is 2.74. The molecule has 0 unspecified atom stereocenters. The molecular formula is C38H56O9. The third kappa shape index (κ3) is 5.27. The number of rotatable bonds is 6. The summed E-state index contributed by atoms with van der Waals surface area (Å²) in [6, 6.07) is 0. The summed E-state index contributed by atoms with van der Waals surface area (Å²) in [7, 11) is 0. The number of esters is 4. The minimum Gasteiger partial charge on any atom is -0.465 e. The van der Waals surface area contributed by atoms with Gasteiger partial charge in [-0.1, -0.05) is 60.1 Å². The van der Waals surface area contributed by atoms with Crippen LogP contribution in [0, 0.1) is 56.7 Å². The highest BCUT2D eigenvalue weighted by Crippen LogP contribution is 2.76. The summed E-state index contributed by atoms with van der Waals surface area (Å²) in [4.78, 5) is 63.7. The van der Waals surface area contributed by atoms with Crippen molar-refractivity contribution in [2.24, 2.45) is 56.7 Å². The Morgan fingerprint density at radius 2 is 1.40 bits per heavy atom. The summed E-state index contributed by atoms with van der Waals surface area (Å²) in [5.41, 5.74) is -1.34. The summed E-state index contributed by atoms with van der Waals surface area (Å²) in [5, 5.41) is 0. The SMILES string of the molecule is CC(=O)OC[C@@]12CC[C@@]3(C)[C@H]4C(=CC[C@]3(C)[C@H]1[C@H](OC(C)=O)C[C@H]2C(C)C)[C@@]1(C)C[C@@H](OC(C)=O)C(=O)C(C)(C)[C@@H]1C[C@@H]4OC(C)=O. The molecule has 0 aromatic rings. The van der Waals surface area contributed by atoms with Crippen LogP contribution in [0.25, 0.3) is 0 Å². The lowest BCUT2D eigenvalue weighted by Gasteiger charge is -2.70. The van der Waals surface area contributed by atoms with Crippen LogP contribution in [0.15, 0.2) is 11.6 Å². The van der Waals surface area contributed by atoms with Gasteiger partial charge in [0.2, 0.25) is 0 Å². The van der Waals surface area contributed by atoms with Crippen molar-refractivity contribution in [2.45, 2.75) is 133 Å². The molecule has 0 radical (unpaired) electrons. The van der Waals surface area contributed by atoms with Gasteiger partial charge in [-0.25, -0.2) is 0 Å². The normalized spacial score (nSPS) is 43.4. The van der Waals surface area contributed by atoms with Crippen molar-refractivity contribution in [1.82, 2.24) is 0 Å². The Balaban J connectivity index is 1.71. The molecule has 0 amide bonds. The minimum atomic E-state index is -0.852. The summed E-state index contributed by atoms with van der Waals surface area (Å²) >= 11 is 0. The van der Waals surface area contributed by atoms with Gasteiger partial charge < -0.3 is 18.9 Å². The van der Waals surface area contributed by atoms with E-state index in [0.29, 0.717) is 25.7 Å². The van der Waals surface area contributed by atoms with Crippen LogP contribution < -0.4 is 0 Å². The first kappa shape index (κ1) is 35.6. The second kappa shape index (κ2) is 11.7. The lowest BCUT2D eigenvalue weighted by atomic mass is 9.35. The molecule has 11 atom stereocenters. The predicted molar refractivity (Wildman–Crippen MR) is 173 cm³/mol. The molecule has 9 heteroatoms. The number of hydrogen-bond acceptors (Lipinski definition) is 9. The van der Waals surface area contributed by atoms with E-state index in [1.807, 2.05) is 13.8 Å². The Morgan fingerprint density at radius 1 is 0.809 bits per heavy atom. The van der Waals surface area contributed by atoms with E-state index in [9.17, 15) is 24.0 Å². The fraction of sp³-hybridized carbons (Fsp3) is 0.816. The first-order chi connectivity index (χ1) is 21.7. The van der Waals surface area contributed by atoms with Crippen LogP contribution >= 0.6 is 0 Å². The zero-order chi connectivity index (χ0) is 35.1. The number of ether oxygens (including phenoxy) is 4. The topological polar surface area (TPSA) is 122 Å². The maximum absolute atomic E-state index is 13.8. The van der Waals surface area contributed by atoms with Gasteiger partial charge in [0.1, 0.15) is 12.2 Å². The fourth-order valence-corrected chi connectivity index (χ4v) is 12.2. The van der Waals surface area contributed by atoms with E-state index < -0.39 is 45.3 Å². The summed E-state index contributed by atoms with van der Waals surface area (Å²) in [5.74, 6) is -1.52. The summed E-state index contributed by atoms with van der Waals surface area (Å²) in [6.45, 7) is 21.1. The van der Waals surface area contributed by atoms with Crippen molar-refractivity contribution in [3.05, 3.63) is 11.6 Å². The standard InChI is InChI=1S/C38H56O9/c1-20(2)26-16-28(46-23(5)41)32-37(11)13-12-25-31(36(37,10)14-15-38(26,32)19-44-21(3)39)27(45-22(4)40)17-30-34(7,8)33(43)29(47-24(6)42)18-35(25,30)9/h12,20,26-32H,13-19H2,1-11H3/t26-,27-,28+,29+,30-,31-,32+,35+,36-,37+,38+/m0/s1. The number of fused-ring (bicyclic) bond motifs is 7. The highest BCUT2D eigenvalue weighted by molar-refractivity contribution is 5.91. The Bertz CT molecular complexity index is 1380. The number of carbonyl (C=O) groups excluding carboxylic acids is 5. The first-order valence-electron chi connectivity index (χ1n) is 17.6. The summed E-state index contributed by atoms with van der Waals surface area (Å²) < 4.78 is 24.0. The fourth-order valence-electron chi connectivity index (χ4n) is 12.2. The second-order valence-corrected chi connectivity index (χ2v) is 17.1. The van der Waals surface area contributed by atoms with Gasteiger partial charge in [-0.15, -0.1) is 0 Å². The van der Waals surface area contributed by atoms with Gasteiger partial charge in [-0.05, 0) is 66.1 Å². The van der Waals surface area contributed by atoms with Crippen molar-refractivity contribution >= 4 is 29.7 Å². The molecule has 0 N–H and O–H groups in total. The average molecular weight is 657 g/mol. The average Bonchev–Trinajstić information content (AvgIpc) is 3.26. The molecule has 4 fully saturated rings. The molecule has 5 rings (SSSR count). The zero-order valence-corrected chi connectivity index (χ0v) is 30.3. The molecule has 5 aliphatic carbocycles. The highest BCUT2D eigenvalue weighted by atomic mass is 16.6. The van der Waals surface area contributed by atoms with E-state index in [-0.39, 0.29) is 66.0 Å². The van der Waals surface area contributed by atoms with E-state index in [1.54, 1.807) is 0 Å². The van der Waals surface area contributed by atoms with Crippen LogP contribution in [0.3, 0.4) is 0 Å². The molecule has 0 heterocycles. The van der Waals surface area contributed by atoms with Gasteiger partial charge in [0.05, 0.1) is 6.61 Å². The third-order valence-corrected chi connectivity index (χ3v) is 14.1. The van der Waals surface area contributed by atoms with Crippen molar-refractivity contribution in [1.29, 1.82) is 0 Å². The quantitative estimate of drug-likeness (QED) is 0.182. The van der Waals surface area contributed by atoms with Gasteiger partial charge in [0.25, 0.3) is 0 Å². The number of ketones is 1. The molecule has 0 bridgehead atoms. The van der Waals surface area contributed by atoms with Crippen molar-refractivity contribution < 1.29 is 42.9 Å². The van der Waals surface area contributed by atoms with Crippen LogP contribution in [-0.4, -0.2) is 54.6 Å². The minimum absolute atomic E-state index is 0.0921. The van der Waals surface area contributed by atoms with Gasteiger partial charge >= 0.3 is 23.9 Å². The molecule has 0 aliphatic heterocycles. The van der Waals surface area contributed by atoms with E-state index >= 15 is 0 Å². The molecule has 0 aromatic heterocycles. The maximum atomic E-state index is 13.8. The van der Waals surface area contributed by atoms with Crippen LogP contribution in [0.5, 0.6) is 0 Å². The Labute approximate surface area is 280 Å². The smallest absolute Gasteiger partial charge is 0.303 e. The Hall–Kier alpha value is -2.71. The molecule has 0 saturated heterocycles. The first-order valence-corrected chi connectivity index (χ1v) is 17.6. The van der Waals surface area contributed by atoms with Gasteiger partial charge in [0, 0.05) is 56.8 Å². The Morgan fingerprint density at radius 3 is 1.96 bits per heavy atom. The van der Waals surface area contributed by atoms with Gasteiger partial charge in [0.15, 0.2) is 11.9 Å². The third-order valence-electron chi connectivity index (χ3n) is 14.1. The van der Waals surface area contributed by atoms with Gasteiger partial charge in [-0.2, -0.15) is 0 Å². The monoisotopic (exact) mass is 656 g/mol. The largest absolute Gasteiger partial charge is 0.465 e. The molecule has 47 heavy (non-hydrogen) atoms. The molecule has 5 aliphatic rings. The van der Waals surface area contributed by atoms with Crippen molar-refractivity contribution in [3.8, 4) is 0 Å². The maximum Gasteiger partial charge on any atom is 0.303 e.